The monoisotopic (exact) mass is 586 g/mol. The molecule has 0 saturated carbocycles. The molecular weight excluding hydrogens is 562 g/mol. The van der Waals surface area contributed by atoms with Crippen LogP contribution in [0.3, 0.4) is 0 Å². The van der Waals surface area contributed by atoms with Crippen LogP contribution in [0.4, 0.5) is 20.2 Å². The van der Waals surface area contributed by atoms with Crippen molar-refractivity contribution in [2.24, 2.45) is 0 Å². The Kier molecular flexibility index (Phi) is 6.76. The molecule has 5 rings (SSSR count). The lowest BCUT2D eigenvalue weighted by Crippen LogP contribution is -2.47. The quantitative estimate of drug-likeness (QED) is 0.189. The number of aromatic carboxylic acids is 2. The molecule has 16 heteroatoms. The molecule has 0 radical (unpaired) electrons. The summed E-state index contributed by atoms with van der Waals surface area (Å²) in [4.78, 5) is 51.2. The maximum Gasteiger partial charge on any atom is 0.341 e. The van der Waals surface area contributed by atoms with Crippen molar-refractivity contribution in [3.8, 4) is 11.5 Å². The number of fused-ring (bicyclic) bond motifs is 2. The fourth-order valence-corrected chi connectivity index (χ4v) is 5.27. The Morgan fingerprint density at radius 3 is 1.33 bits per heavy atom. The lowest BCUT2D eigenvalue weighted by atomic mass is 10.1. The van der Waals surface area contributed by atoms with Gasteiger partial charge in [-0.1, -0.05) is 0 Å². The van der Waals surface area contributed by atoms with E-state index in [2.05, 4.69) is 10.9 Å². The highest BCUT2D eigenvalue weighted by atomic mass is 19.1. The Hall–Kier alpha value is -5.54. The summed E-state index contributed by atoms with van der Waals surface area (Å²) in [5.41, 5.74) is 1.25. The highest BCUT2D eigenvalue weighted by Crippen LogP contribution is 2.40. The van der Waals surface area contributed by atoms with E-state index in [1.165, 1.54) is 23.9 Å². The maximum absolute atomic E-state index is 15.3. The summed E-state index contributed by atoms with van der Waals surface area (Å²) >= 11 is 0. The van der Waals surface area contributed by atoms with E-state index in [4.69, 9.17) is 0 Å². The normalized spacial score (nSPS) is 13.5. The van der Waals surface area contributed by atoms with Gasteiger partial charge in [-0.25, -0.2) is 18.4 Å². The molecule has 4 aromatic rings. The first-order chi connectivity index (χ1) is 19.9. The van der Waals surface area contributed by atoms with Gasteiger partial charge in [0.15, 0.2) is 23.1 Å². The highest BCUT2D eigenvalue weighted by molar-refractivity contribution is 5.98. The second-order valence-corrected chi connectivity index (χ2v) is 9.42. The molecule has 42 heavy (non-hydrogen) atoms. The van der Waals surface area contributed by atoms with Gasteiger partial charge < -0.3 is 41.1 Å². The van der Waals surface area contributed by atoms with Crippen LogP contribution in [0.15, 0.2) is 34.1 Å². The van der Waals surface area contributed by atoms with Crippen molar-refractivity contribution in [3.05, 3.63) is 67.7 Å². The number of rotatable bonds is 6. The van der Waals surface area contributed by atoms with Crippen LogP contribution < -0.4 is 31.5 Å². The fraction of sp³-hybridized carbons (Fsp3) is 0.231. The summed E-state index contributed by atoms with van der Waals surface area (Å²) in [6.45, 7) is 0.0583. The van der Waals surface area contributed by atoms with E-state index in [0.29, 0.717) is 0 Å². The minimum atomic E-state index is -1.52. The molecule has 0 amide bonds. The highest BCUT2D eigenvalue weighted by Gasteiger charge is 2.30. The number of aromatic hydroxyl groups is 2. The number of carbonyl (C=O) groups is 2. The van der Waals surface area contributed by atoms with Crippen molar-refractivity contribution in [3.63, 3.8) is 0 Å². The Morgan fingerprint density at radius 2 is 1.05 bits per heavy atom. The van der Waals surface area contributed by atoms with E-state index in [1.807, 2.05) is 0 Å². The summed E-state index contributed by atoms with van der Waals surface area (Å²) in [5, 5.41) is 40.1. The number of phenolic OH excluding ortho intramolecular Hbond substituents is 2. The Morgan fingerprint density at radius 1 is 0.714 bits per heavy atom. The smallest absolute Gasteiger partial charge is 0.341 e. The van der Waals surface area contributed by atoms with Crippen molar-refractivity contribution < 1.29 is 38.8 Å². The molecule has 1 fully saturated rings. The molecule has 0 atom stereocenters. The molecule has 6 N–H and O–H groups in total. The van der Waals surface area contributed by atoms with E-state index in [-0.39, 0.29) is 59.4 Å². The Balaban J connectivity index is 1.54. The van der Waals surface area contributed by atoms with Gasteiger partial charge in [-0.3, -0.25) is 18.9 Å². The van der Waals surface area contributed by atoms with Gasteiger partial charge in [0.2, 0.25) is 10.9 Å². The summed E-state index contributed by atoms with van der Waals surface area (Å²) in [7, 11) is 2.83. The summed E-state index contributed by atoms with van der Waals surface area (Å²) in [5.74, 6) is -6.25. The van der Waals surface area contributed by atoms with Crippen molar-refractivity contribution in [1.29, 1.82) is 0 Å². The van der Waals surface area contributed by atoms with Crippen LogP contribution in [0.1, 0.15) is 20.7 Å². The minimum Gasteiger partial charge on any atom is -0.504 e. The average Bonchev–Trinajstić information content (AvgIpc) is 2.94. The largest absolute Gasteiger partial charge is 0.504 e. The van der Waals surface area contributed by atoms with Gasteiger partial charge in [0.1, 0.15) is 33.5 Å². The first-order valence-corrected chi connectivity index (χ1v) is 12.4. The number of nitrogens with one attached hydrogen (secondary N) is 2. The molecule has 0 unspecified atom stereocenters. The summed E-state index contributed by atoms with van der Waals surface area (Å²) in [6.07, 6.45) is 1.95. The molecule has 0 bridgehead atoms. The number of hydrogen-bond acceptors (Lipinski definition) is 10. The van der Waals surface area contributed by atoms with Crippen LogP contribution in [0.25, 0.3) is 21.8 Å². The number of hydrogen-bond donors (Lipinski definition) is 6. The van der Waals surface area contributed by atoms with E-state index in [9.17, 15) is 39.6 Å². The van der Waals surface area contributed by atoms with Gasteiger partial charge in [0, 0.05) is 52.7 Å². The van der Waals surface area contributed by atoms with Crippen LogP contribution >= 0.6 is 0 Å². The maximum atomic E-state index is 15.3. The molecule has 0 spiro atoms. The van der Waals surface area contributed by atoms with Gasteiger partial charge in [0.25, 0.3) is 0 Å². The van der Waals surface area contributed by atoms with Gasteiger partial charge in [-0.15, -0.1) is 0 Å². The van der Waals surface area contributed by atoms with Gasteiger partial charge in [0.05, 0.1) is 10.8 Å². The third-order valence-corrected chi connectivity index (χ3v) is 7.23. The first kappa shape index (κ1) is 28.0. The van der Waals surface area contributed by atoms with Crippen LogP contribution in [0.2, 0.25) is 0 Å². The van der Waals surface area contributed by atoms with Gasteiger partial charge in [-0.05, 0) is 12.1 Å². The molecular formula is C26H24F2N6O8. The number of nitrogens with zero attached hydrogens (tertiary/aromatic N) is 4. The van der Waals surface area contributed by atoms with Crippen LogP contribution in [0, 0.1) is 11.6 Å². The molecule has 1 aliphatic rings. The molecule has 2 aromatic carbocycles. The van der Waals surface area contributed by atoms with E-state index in [0.717, 1.165) is 33.9 Å². The third kappa shape index (κ3) is 4.15. The molecule has 2 aromatic heterocycles. The summed E-state index contributed by atoms with van der Waals surface area (Å²) in [6, 6.07) is 1.69. The molecule has 1 aliphatic heterocycles. The standard InChI is InChI=1S/C26H24F2N6O8/c1-29-33-9-13(25(39)40)21(35)11-7-15(27)19(23(37)17(11)33)31-3-5-32(6-4-31)20-16(28)8-12-18(24(20)38)34(30-2)10-14(22(12)36)26(41)42/h7-10,29-30,37-38H,3-6H2,1-2H3,(H,39,40)(H,41,42). The van der Waals surface area contributed by atoms with E-state index < -0.39 is 57.1 Å². The predicted molar refractivity (Wildman–Crippen MR) is 149 cm³/mol. The summed E-state index contributed by atoms with van der Waals surface area (Å²) < 4.78 is 32.9. The predicted octanol–water partition coefficient (Wildman–Crippen LogP) is 1.08. The van der Waals surface area contributed by atoms with Gasteiger partial charge in [-0.2, -0.15) is 0 Å². The van der Waals surface area contributed by atoms with Crippen LogP contribution in [-0.4, -0.2) is 82.0 Å². The number of carboxylic acid groups (broad SMARTS) is 2. The van der Waals surface area contributed by atoms with Gasteiger partial charge >= 0.3 is 11.9 Å². The van der Waals surface area contributed by atoms with Crippen molar-refractivity contribution in [2.75, 3.05) is 60.9 Å². The molecule has 220 valence electrons. The number of anilines is 2. The number of aromatic nitrogens is 2. The number of halogens is 2. The number of benzene rings is 2. The number of pyridine rings is 2. The van der Waals surface area contributed by atoms with E-state index in [1.54, 1.807) is 0 Å². The van der Waals surface area contributed by atoms with Crippen LogP contribution in [0.5, 0.6) is 11.5 Å². The Labute approximate surface area is 233 Å². The third-order valence-electron chi connectivity index (χ3n) is 7.23. The molecule has 0 aliphatic carbocycles. The number of carboxylic acids is 2. The zero-order chi connectivity index (χ0) is 30.6. The van der Waals surface area contributed by atoms with Crippen molar-refractivity contribution in [1.82, 2.24) is 9.35 Å². The zero-order valence-electron chi connectivity index (χ0n) is 22.1. The lowest BCUT2D eigenvalue weighted by Gasteiger charge is -2.38. The molecule has 14 nitrogen and oxygen atoms in total. The van der Waals surface area contributed by atoms with Crippen molar-refractivity contribution in [2.45, 2.75) is 0 Å². The SMILES string of the molecule is CNn1cc(C(=O)O)c(=O)c2cc(F)c(N3CCN(c4c(F)cc5c(=O)c(C(=O)O)cn(NC)c5c4O)CC3)c(O)c21. The average molecular weight is 587 g/mol. The van der Waals surface area contributed by atoms with Crippen LogP contribution in [-0.2, 0) is 0 Å². The Bertz CT molecular complexity index is 1790. The lowest BCUT2D eigenvalue weighted by molar-refractivity contribution is 0.0684. The molecule has 3 heterocycles. The minimum absolute atomic E-state index is 0.0146. The topological polar surface area (TPSA) is 190 Å². The molecule has 1 saturated heterocycles. The number of piperazine rings is 1. The van der Waals surface area contributed by atoms with Crippen molar-refractivity contribution >= 4 is 45.1 Å². The second-order valence-electron chi connectivity index (χ2n) is 9.42. The first-order valence-electron chi connectivity index (χ1n) is 12.4. The zero-order valence-corrected chi connectivity index (χ0v) is 22.1. The second kappa shape index (κ2) is 10.1. The number of phenols is 2. The fourth-order valence-electron chi connectivity index (χ4n) is 5.27. The van der Waals surface area contributed by atoms with E-state index >= 15 is 8.78 Å².